The van der Waals surface area contributed by atoms with Gasteiger partial charge in [0.15, 0.2) is 11.6 Å². The third-order valence-corrected chi connectivity index (χ3v) is 5.96. The fraction of sp³-hybridized carbons (Fsp3) is 0.107. The first-order valence-corrected chi connectivity index (χ1v) is 11.6. The van der Waals surface area contributed by atoms with E-state index in [1.807, 2.05) is 56.3 Å². The van der Waals surface area contributed by atoms with E-state index in [1.165, 1.54) is 0 Å². The molecule has 8 nitrogen and oxygen atoms in total. The smallest absolute Gasteiger partial charge is 0.291 e. The molecule has 0 aliphatic carbocycles. The van der Waals surface area contributed by atoms with E-state index in [2.05, 4.69) is 25.5 Å². The summed E-state index contributed by atoms with van der Waals surface area (Å²) in [5, 5.41) is 11.2. The summed E-state index contributed by atoms with van der Waals surface area (Å²) in [6.45, 7) is 4.46. The second kappa shape index (κ2) is 9.79. The zero-order valence-electron chi connectivity index (χ0n) is 19.9. The molecule has 5 aromatic rings. The van der Waals surface area contributed by atoms with Crippen LogP contribution in [0.25, 0.3) is 23.1 Å². The molecule has 0 spiro atoms. The van der Waals surface area contributed by atoms with E-state index in [0.29, 0.717) is 29.2 Å². The van der Waals surface area contributed by atoms with Crippen LogP contribution in [0.15, 0.2) is 73.2 Å². The molecule has 0 fully saturated rings. The van der Waals surface area contributed by atoms with Gasteiger partial charge in [0, 0.05) is 47.3 Å². The number of H-pyrrole nitrogens is 1. The van der Waals surface area contributed by atoms with Crippen LogP contribution >= 0.6 is 0 Å². The van der Waals surface area contributed by atoms with E-state index in [0.717, 1.165) is 27.9 Å². The van der Waals surface area contributed by atoms with Crippen LogP contribution in [-0.2, 0) is 6.54 Å². The first kappa shape index (κ1) is 22.9. The minimum Gasteiger partial charge on any atom is -0.327 e. The maximum Gasteiger partial charge on any atom is 0.291 e. The van der Waals surface area contributed by atoms with E-state index in [-0.39, 0.29) is 11.7 Å². The lowest BCUT2D eigenvalue weighted by Gasteiger charge is -2.11. The van der Waals surface area contributed by atoms with Gasteiger partial charge in [0.05, 0.1) is 16.9 Å². The summed E-state index contributed by atoms with van der Waals surface area (Å²) in [4.78, 5) is 34.5. The highest BCUT2D eigenvalue weighted by atomic mass is 16.2. The van der Waals surface area contributed by atoms with Crippen LogP contribution in [0.4, 0.5) is 5.69 Å². The van der Waals surface area contributed by atoms with E-state index < -0.39 is 0 Å². The number of hydrogen-bond donors (Lipinski definition) is 2. The van der Waals surface area contributed by atoms with Crippen LogP contribution in [0.3, 0.4) is 0 Å². The molecule has 3 heterocycles. The Morgan fingerprint density at radius 3 is 2.64 bits per heavy atom. The molecular formula is C28H24N6O2. The Kier molecular flexibility index (Phi) is 6.23. The average molecular weight is 477 g/mol. The number of imidazole rings is 1. The maximum atomic E-state index is 13.3. The number of amides is 1. The number of rotatable bonds is 7. The van der Waals surface area contributed by atoms with Gasteiger partial charge in [-0.2, -0.15) is 5.10 Å². The second-order valence-electron chi connectivity index (χ2n) is 8.31. The highest BCUT2D eigenvalue weighted by Crippen LogP contribution is 2.24. The van der Waals surface area contributed by atoms with Crippen LogP contribution in [0.1, 0.15) is 50.4 Å². The molecule has 0 unspecified atom stereocenters. The summed E-state index contributed by atoms with van der Waals surface area (Å²) in [6.07, 6.45) is 8.87. The highest BCUT2D eigenvalue weighted by molar-refractivity contribution is 6.12. The Labute approximate surface area is 207 Å². The Balaban J connectivity index is 1.38. The lowest BCUT2D eigenvalue weighted by Crippen LogP contribution is -2.18. The van der Waals surface area contributed by atoms with Crippen molar-refractivity contribution in [2.24, 2.45) is 0 Å². The Morgan fingerprint density at radius 1 is 1.00 bits per heavy atom. The van der Waals surface area contributed by atoms with Crippen LogP contribution in [0.2, 0.25) is 0 Å². The number of nitrogens with zero attached hydrogens (tertiary/aromatic N) is 4. The van der Waals surface area contributed by atoms with Gasteiger partial charge in [-0.05, 0) is 61.9 Å². The van der Waals surface area contributed by atoms with Gasteiger partial charge in [-0.15, -0.1) is 0 Å². The summed E-state index contributed by atoms with van der Waals surface area (Å²) in [7, 11) is 0. The molecule has 5 rings (SSSR count). The minimum atomic E-state index is -0.320. The summed E-state index contributed by atoms with van der Waals surface area (Å²) >= 11 is 0. The number of carbonyl (C=O) groups is 2. The minimum absolute atomic E-state index is 0.150. The Morgan fingerprint density at radius 2 is 1.83 bits per heavy atom. The van der Waals surface area contributed by atoms with Gasteiger partial charge in [-0.25, -0.2) is 4.98 Å². The van der Waals surface area contributed by atoms with E-state index in [9.17, 15) is 9.59 Å². The number of ketones is 1. The molecule has 36 heavy (non-hydrogen) atoms. The number of nitrogens with one attached hydrogen (secondary N) is 2. The van der Waals surface area contributed by atoms with Crippen LogP contribution in [-0.4, -0.2) is 36.4 Å². The standard InChI is InChI=1S/C28H24N6O2/c1-3-34-15-14-30-27(34)28(36)31-24-16-19(8-7-18(24)2)26(35)20-9-11-22-23(32-33-25(22)17-20)12-10-21-6-4-5-13-29-21/h4-17H,3H2,1-2H3,(H,31,36)(H,32,33). The van der Waals surface area contributed by atoms with Crippen LogP contribution in [0.5, 0.6) is 0 Å². The summed E-state index contributed by atoms with van der Waals surface area (Å²) in [5.74, 6) is -0.145. The Bertz CT molecular complexity index is 1600. The molecule has 0 aliphatic rings. The maximum absolute atomic E-state index is 13.3. The molecule has 8 heteroatoms. The van der Waals surface area contributed by atoms with E-state index >= 15 is 0 Å². The first-order chi connectivity index (χ1) is 17.5. The number of aryl methyl sites for hydroxylation is 2. The molecule has 2 aromatic carbocycles. The number of benzene rings is 2. The van der Waals surface area contributed by atoms with Crippen LogP contribution < -0.4 is 5.32 Å². The molecular weight excluding hydrogens is 452 g/mol. The predicted octanol–water partition coefficient (Wildman–Crippen LogP) is 5.14. The molecule has 0 bridgehead atoms. The number of carbonyl (C=O) groups excluding carboxylic acids is 2. The van der Waals surface area contributed by atoms with Gasteiger partial charge in [-0.3, -0.25) is 19.7 Å². The lowest BCUT2D eigenvalue weighted by atomic mass is 9.99. The molecule has 0 radical (unpaired) electrons. The van der Waals surface area contributed by atoms with Crippen molar-refractivity contribution in [2.75, 3.05) is 5.32 Å². The highest BCUT2D eigenvalue weighted by Gasteiger charge is 2.16. The monoisotopic (exact) mass is 476 g/mol. The normalized spacial score (nSPS) is 11.3. The van der Waals surface area contributed by atoms with Crippen molar-refractivity contribution < 1.29 is 9.59 Å². The van der Waals surface area contributed by atoms with Gasteiger partial charge in [0.1, 0.15) is 0 Å². The fourth-order valence-electron chi connectivity index (χ4n) is 3.96. The van der Waals surface area contributed by atoms with Crippen LogP contribution in [0, 0.1) is 6.92 Å². The van der Waals surface area contributed by atoms with Gasteiger partial charge in [-0.1, -0.05) is 24.3 Å². The van der Waals surface area contributed by atoms with Gasteiger partial charge >= 0.3 is 0 Å². The number of fused-ring (bicyclic) bond motifs is 1. The van der Waals surface area contributed by atoms with Crippen molar-refractivity contribution in [3.63, 3.8) is 0 Å². The molecule has 0 aliphatic heterocycles. The average Bonchev–Trinajstić information content (AvgIpc) is 3.55. The summed E-state index contributed by atoms with van der Waals surface area (Å²) in [6, 6.07) is 16.5. The van der Waals surface area contributed by atoms with Gasteiger partial charge < -0.3 is 9.88 Å². The van der Waals surface area contributed by atoms with Crippen molar-refractivity contribution in [2.45, 2.75) is 20.4 Å². The van der Waals surface area contributed by atoms with Crippen molar-refractivity contribution >= 4 is 40.4 Å². The number of aromatic nitrogens is 5. The molecule has 0 saturated carbocycles. The van der Waals surface area contributed by atoms with Gasteiger partial charge in [0.2, 0.25) is 0 Å². The van der Waals surface area contributed by atoms with E-state index in [4.69, 9.17) is 0 Å². The summed E-state index contributed by atoms with van der Waals surface area (Å²) < 4.78 is 1.76. The topological polar surface area (TPSA) is 106 Å². The van der Waals surface area contributed by atoms with Gasteiger partial charge in [0.25, 0.3) is 5.91 Å². The molecule has 2 N–H and O–H groups in total. The fourth-order valence-corrected chi connectivity index (χ4v) is 3.96. The van der Waals surface area contributed by atoms with E-state index in [1.54, 1.807) is 47.4 Å². The quantitative estimate of drug-likeness (QED) is 0.317. The number of anilines is 1. The number of pyridine rings is 1. The van der Waals surface area contributed by atoms with Crippen molar-refractivity contribution in [1.29, 1.82) is 0 Å². The molecule has 3 aromatic heterocycles. The number of hydrogen-bond acceptors (Lipinski definition) is 5. The Hall–Kier alpha value is -4.85. The predicted molar refractivity (Wildman–Crippen MR) is 140 cm³/mol. The molecule has 178 valence electrons. The molecule has 1 amide bonds. The zero-order valence-corrected chi connectivity index (χ0v) is 19.9. The largest absolute Gasteiger partial charge is 0.327 e. The zero-order chi connectivity index (χ0) is 25.1. The molecule has 0 atom stereocenters. The number of aromatic amines is 1. The lowest BCUT2D eigenvalue weighted by molar-refractivity contribution is 0.101. The van der Waals surface area contributed by atoms with Crippen molar-refractivity contribution in [3.05, 3.63) is 107 Å². The third kappa shape index (κ3) is 4.56. The first-order valence-electron chi connectivity index (χ1n) is 11.6. The SMILES string of the molecule is CCn1ccnc1C(=O)Nc1cc(C(=O)c2ccc3c(C=Cc4ccccn4)n[nH]c3c2)ccc1C. The third-order valence-electron chi connectivity index (χ3n) is 5.96. The van der Waals surface area contributed by atoms with Crippen molar-refractivity contribution in [3.8, 4) is 0 Å². The second-order valence-corrected chi connectivity index (χ2v) is 8.31. The molecule has 0 saturated heterocycles. The van der Waals surface area contributed by atoms with Crippen molar-refractivity contribution in [1.82, 2.24) is 24.7 Å². The summed E-state index contributed by atoms with van der Waals surface area (Å²) in [5.41, 5.74) is 4.78.